The topological polar surface area (TPSA) is 69.6 Å². The fourth-order valence-electron chi connectivity index (χ4n) is 2.87. The van der Waals surface area contributed by atoms with Gasteiger partial charge in [0.25, 0.3) is 0 Å². The van der Waals surface area contributed by atoms with Crippen molar-refractivity contribution in [3.63, 3.8) is 0 Å². The van der Waals surface area contributed by atoms with Crippen LogP contribution >= 0.6 is 0 Å². The average molecular weight is 289 g/mol. The van der Waals surface area contributed by atoms with E-state index >= 15 is 0 Å². The quantitative estimate of drug-likeness (QED) is 0.741. The molecular weight excluding hydrogens is 270 g/mol. The summed E-state index contributed by atoms with van der Waals surface area (Å²) in [5.41, 5.74) is 0. The average Bonchev–Trinajstić information content (AvgIpc) is 2.87. The van der Waals surface area contributed by atoms with E-state index in [1.807, 2.05) is 4.90 Å². The van der Waals surface area contributed by atoms with Gasteiger partial charge in [-0.1, -0.05) is 0 Å². The fourth-order valence-corrected chi connectivity index (χ4v) is 2.87. The molecule has 0 N–H and O–H groups in total. The summed E-state index contributed by atoms with van der Waals surface area (Å²) in [5.74, 6) is 0.688. The Kier molecular flexibility index (Phi) is 3.72. The van der Waals surface area contributed by atoms with E-state index in [2.05, 4.69) is 14.9 Å². The third-order valence-corrected chi connectivity index (χ3v) is 4.12. The molecule has 0 spiro atoms. The van der Waals surface area contributed by atoms with Crippen molar-refractivity contribution in [2.45, 2.75) is 6.42 Å². The maximum atomic E-state index is 12.4. The van der Waals surface area contributed by atoms with E-state index in [-0.39, 0.29) is 17.7 Å². The predicted octanol–water partition coefficient (Wildman–Crippen LogP) is -0.397. The van der Waals surface area contributed by atoms with Crippen LogP contribution < -0.4 is 4.90 Å². The summed E-state index contributed by atoms with van der Waals surface area (Å²) in [6.45, 7) is 3.31. The van der Waals surface area contributed by atoms with Gasteiger partial charge in [-0.05, 0) is 6.07 Å². The molecule has 1 unspecified atom stereocenters. The standard InChI is InChI=1S/C14H19N5O2/c1-17-10-11(9-12(17)20)13(21)18-5-7-19(8-6-18)14-15-3-2-4-16-14/h2-4,11H,5-10H2,1H3. The Morgan fingerprint density at radius 3 is 2.43 bits per heavy atom. The Morgan fingerprint density at radius 2 is 1.86 bits per heavy atom. The lowest BCUT2D eigenvalue weighted by Crippen LogP contribution is -2.51. The smallest absolute Gasteiger partial charge is 0.228 e. The number of rotatable bonds is 2. The highest BCUT2D eigenvalue weighted by molar-refractivity contribution is 5.89. The third-order valence-electron chi connectivity index (χ3n) is 4.12. The van der Waals surface area contributed by atoms with E-state index in [0.29, 0.717) is 32.0 Å². The maximum absolute atomic E-state index is 12.4. The van der Waals surface area contributed by atoms with Crippen LogP contribution in [0.1, 0.15) is 6.42 Å². The number of carbonyl (C=O) groups excluding carboxylic acids is 2. The van der Waals surface area contributed by atoms with Crippen LogP contribution in [-0.2, 0) is 9.59 Å². The van der Waals surface area contributed by atoms with Crippen molar-refractivity contribution in [3.8, 4) is 0 Å². The van der Waals surface area contributed by atoms with Gasteiger partial charge in [-0.2, -0.15) is 0 Å². The Balaban J connectivity index is 1.56. The molecule has 2 aliphatic rings. The summed E-state index contributed by atoms with van der Waals surface area (Å²) in [7, 11) is 1.75. The zero-order chi connectivity index (χ0) is 14.8. The van der Waals surface area contributed by atoms with Crippen molar-refractivity contribution in [1.82, 2.24) is 19.8 Å². The largest absolute Gasteiger partial charge is 0.345 e. The second-order valence-electron chi connectivity index (χ2n) is 5.54. The molecule has 1 atom stereocenters. The Morgan fingerprint density at radius 1 is 1.19 bits per heavy atom. The minimum atomic E-state index is -0.179. The molecule has 0 aromatic carbocycles. The van der Waals surface area contributed by atoms with Gasteiger partial charge in [0.2, 0.25) is 17.8 Å². The third kappa shape index (κ3) is 2.81. The molecule has 112 valence electrons. The van der Waals surface area contributed by atoms with Gasteiger partial charge in [-0.25, -0.2) is 9.97 Å². The van der Waals surface area contributed by atoms with Gasteiger partial charge in [0.05, 0.1) is 5.92 Å². The van der Waals surface area contributed by atoms with Crippen LogP contribution in [0.25, 0.3) is 0 Å². The summed E-state index contributed by atoms with van der Waals surface area (Å²) < 4.78 is 0. The van der Waals surface area contributed by atoms with Crippen molar-refractivity contribution in [1.29, 1.82) is 0 Å². The van der Waals surface area contributed by atoms with Gasteiger partial charge in [-0.3, -0.25) is 9.59 Å². The first-order chi connectivity index (χ1) is 10.1. The van der Waals surface area contributed by atoms with Crippen molar-refractivity contribution < 1.29 is 9.59 Å². The van der Waals surface area contributed by atoms with Crippen molar-refractivity contribution in [3.05, 3.63) is 18.5 Å². The number of likely N-dealkylation sites (tertiary alicyclic amines) is 1. The highest BCUT2D eigenvalue weighted by atomic mass is 16.2. The lowest BCUT2D eigenvalue weighted by Gasteiger charge is -2.35. The second-order valence-corrected chi connectivity index (χ2v) is 5.54. The normalized spacial score (nSPS) is 22.8. The Hall–Kier alpha value is -2.18. The second kappa shape index (κ2) is 5.67. The summed E-state index contributed by atoms with van der Waals surface area (Å²) in [4.78, 5) is 38.0. The number of nitrogens with zero attached hydrogens (tertiary/aromatic N) is 5. The molecule has 1 aromatic heterocycles. The van der Waals surface area contributed by atoms with Gasteiger partial charge in [0.15, 0.2) is 0 Å². The minimum absolute atomic E-state index is 0.0599. The monoisotopic (exact) mass is 289 g/mol. The molecule has 2 amide bonds. The van der Waals surface area contributed by atoms with Crippen LogP contribution in [0.2, 0.25) is 0 Å². The van der Waals surface area contributed by atoms with E-state index in [4.69, 9.17) is 0 Å². The van der Waals surface area contributed by atoms with E-state index in [1.165, 1.54) is 0 Å². The van der Waals surface area contributed by atoms with Gasteiger partial charge in [0.1, 0.15) is 0 Å². The predicted molar refractivity (Wildman–Crippen MR) is 76.6 cm³/mol. The molecule has 2 aliphatic heterocycles. The molecule has 0 bridgehead atoms. The minimum Gasteiger partial charge on any atom is -0.345 e. The molecule has 1 aromatic rings. The first-order valence-corrected chi connectivity index (χ1v) is 7.20. The molecular formula is C14H19N5O2. The first kappa shape index (κ1) is 13.8. The molecule has 3 heterocycles. The van der Waals surface area contributed by atoms with Crippen LogP contribution in [0.3, 0.4) is 0 Å². The molecule has 21 heavy (non-hydrogen) atoms. The summed E-state index contributed by atoms with van der Waals surface area (Å²) in [5, 5.41) is 0. The fraction of sp³-hybridized carbons (Fsp3) is 0.571. The van der Waals surface area contributed by atoms with Crippen LogP contribution in [0.4, 0.5) is 5.95 Å². The SMILES string of the molecule is CN1CC(C(=O)N2CCN(c3ncccn3)CC2)CC1=O. The molecule has 0 radical (unpaired) electrons. The molecule has 3 rings (SSSR count). The van der Waals surface area contributed by atoms with Crippen molar-refractivity contribution in [2.24, 2.45) is 5.92 Å². The Bertz CT molecular complexity index is 527. The molecule has 0 aliphatic carbocycles. The molecule has 7 nitrogen and oxygen atoms in total. The van der Waals surface area contributed by atoms with Crippen molar-refractivity contribution >= 4 is 17.8 Å². The number of carbonyl (C=O) groups is 2. The lowest BCUT2D eigenvalue weighted by molar-refractivity contribution is -0.136. The number of hydrogen-bond acceptors (Lipinski definition) is 5. The lowest BCUT2D eigenvalue weighted by atomic mass is 10.1. The number of hydrogen-bond donors (Lipinski definition) is 0. The van der Waals surface area contributed by atoms with Crippen LogP contribution in [-0.4, -0.2) is 71.4 Å². The van der Waals surface area contributed by atoms with E-state index in [9.17, 15) is 9.59 Å². The summed E-state index contributed by atoms with van der Waals surface area (Å²) in [6.07, 6.45) is 3.79. The number of amides is 2. The van der Waals surface area contributed by atoms with Crippen LogP contribution in [0.15, 0.2) is 18.5 Å². The van der Waals surface area contributed by atoms with E-state index in [1.54, 1.807) is 30.4 Å². The van der Waals surface area contributed by atoms with Gasteiger partial charge < -0.3 is 14.7 Å². The summed E-state index contributed by atoms with van der Waals surface area (Å²) >= 11 is 0. The van der Waals surface area contributed by atoms with E-state index < -0.39 is 0 Å². The van der Waals surface area contributed by atoms with Crippen LogP contribution in [0, 0.1) is 5.92 Å². The van der Waals surface area contributed by atoms with Gasteiger partial charge >= 0.3 is 0 Å². The number of aromatic nitrogens is 2. The van der Waals surface area contributed by atoms with Crippen LogP contribution in [0.5, 0.6) is 0 Å². The number of piperazine rings is 1. The highest BCUT2D eigenvalue weighted by Gasteiger charge is 2.35. The van der Waals surface area contributed by atoms with E-state index in [0.717, 1.165) is 13.1 Å². The zero-order valence-electron chi connectivity index (χ0n) is 12.1. The van der Waals surface area contributed by atoms with Crippen molar-refractivity contribution in [2.75, 3.05) is 44.7 Å². The molecule has 2 fully saturated rings. The maximum Gasteiger partial charge on any atom is 0.228 e. The molecule has 2 saturated heterocycles. The van der Waals surface area contributed by atoms with Gasteiger partial charge in [-0.15, -0.1) is 0 Å². The molecule has 7 heteroatoms. The van der Waals surface area contributed by atoms with Gasteiger partial charge in [0, 0.05) is 58.6 Å². The Labute approximate surface area is 123 Å². The molecule has 0 saturated carbocycles. The highest BCUT2D eigenvalue weighted by Crippen LogP contribution is 2.20. The zero-order valence-corrected chi connectivity index (χ0v) is 12.1. The first-order valence-electron chi connectivity index (χ1n) is 7.20. The summed E-state index contributed by atoms with van der Waals surface area (Å²) in [6, 6.07) is 1.79. The number of anilines is 1.